The molecule has 0 bridgehead atoms. The van der Waals surface area contributed by atoms with Crippen LogP contribution in [0.25, 0.3) is 11.1 Å². The van der Waals surface area contributed by atoms with Crippen LogP contribution >= 0.6 is 0 Å². The van der Waals surface area contributed by atoms with Crippen LogP contribution in [0.3, 0.4) is 0 Å². The van der Waals surface area contributed by atoms with Crippen LogP contribution in [-0.4, -0.2) is 53.2 Å². The van der Waals surface area contributed by atoms with E-state index in [4.69, 9.17) is 4.74 Å². The zero-order chi connectivity index (χ0) is 23.4. The first-order valence-corrected chi connectivity index (χ1v) is 11.6. The Bertz CT molecular complexity index is 991. The summed E-state index contributed by atoms with van der Waals surface area (Å²) in [5, 5.41) is 12.2. The number of likely N-dealkylation sites (tertiary alicyclic amines) is 1. The van der Waals surface area contributed by atoms with Crippen LogP contribution in [0.4, 0.5) is 4.79 Å². The number of aliphatic carboxylic acids is 1. The van der Waals surface area contributed by atoms with Crippen molar-refractivity contribution in [2.75, 3.05) is 13.2 Å². The number of carbonyl (C=O) groups is 3. The van der Waals surface area contributed by atoms with Gasteiger partial charge in [0.1, 0.15) is 12.6 Å². The summed E-state index contributed by atoms with van der Waals surface area (Å²) >= 11 is 0. The van der Waals surface area contributed by atoms with Crippen molar-refractivity contribution in [3.8, 4) is 11.1 Å². The summed E-state index contributed by atoms with van der Waals surface area (Å²) < 4.78 is 5.59. The van der Waals surface area contributed by atoms with E-state index in [9.17, 15) is 19.5 Å². The van der Waals surface area contributed by atoms with Gasteiger partial charge in [0.2, 0.25) is 5.91 Å². The number of rotatable bonds is 7. The number of hydrogen-bond acceptors (Lipinski definition) is 4. The van der Waals surface area contributed by atoms with Crippen LogP contribution in [0, 0.1) is 0 Å². The predicted molar refractivity (Wildman–Crippen MR) is 124 cm³/mol. The molecule has 1 aliphatic heterocycles. The second-order valence-electron chi connectivity index (χ2n) is 8.72. The summed E-state index contributed by atoms with van der Waals surface area (Å²) in [7, 11) is 0. The molecule has 2 aliphatic rings. The molecular weight excluding hydrogens is 420 g/mol. The molecule has 2 aromatic carbocycles. The van der Waals surface area contributed by atoms with E-state index in [0.29, 0.717) is 19.4 Å². The van der Waals surface area contributed by atoms with Gasteiger partial charge in [-0.15, -0.1) is 0 Å². The Morgan fingerprint density at radius 2 is 1.70 bits per heavy atom. The number of ether oxygens (including phenoxy) is 1. The molecule has 0 spiro atoms. The number of carbonyl (C=O) groups excluding carboxylic acids is 2. The first-order chi connectivity index (χ1) is 16.0. The van der Waals surface area contributed by atoms with Crippen LogP contribution in [-0.2, 0) is 14.3 Å². The Morgan fingerprint density at radius 1 is 1.06 bits per heavy atom. The van der Waals surface area contributed by atoms with Gasteiger partial charge in [-0.2, -0.15) is 0 Å². The van der Waals surface area contributed by atoms with Crippen LogP contribution in [0.5, 0.6) is 0 Å². The molecule has 0 radical (unpaired) electrons. The van der Waals surface area contributed by atoms with Gasteiger partial charge >= 0.3 is 12.1 Å². The molecule has 2 N–H and O–H groups in total. The number of piperidine rings is 1. The molecule has 174 valence electrons. The van der Waals surface area contributed by atoms with Crippen LogP contribution in [0.1, 0.15) is 56.1 Å². The lowest BCUT2D eigenvalue weighted by atomic mass is 9.98. The van der Waals surface area contributed by atoms with E-state index < -0.39 is 24.1 Å². The Hall–Kier alpha value is -3.35. The number of hydrogen-bond donors (Lipinski definition) is 2. The van der Waals surface area contributed by atoms with E-state index in [0.717, 1.165) is 35.1 Å². The lowest BCUT2D eigenvalue weighted by Gasteiger charge is -2.34. The topological polar surface area (TPSA) is 95.9 Å². The van der Waals surface area contributed by atoms with Gasteiger partial charge in [-0.1, -0.05) is 55.5 Å². The first kappa shape index (κ1) is 22.8. The van der Waals surface area contributed by atoms with Gasteiger partial charge in [0.15, 0.2) is 0 Å². The number of carboxylic acids is 1. The highest BCUT2D eigenvalue weighted by Crippen LogP contribution is 2.44. The summed E-state index contributed by atoms with van der Waals surface area (Å²) in [6.45, 7) is 2.53. The van der Waals surface area contributed by atoms with E-state index in [1.165, 1.54) is 4.90 Å². The maximum Gasteiger partial charge on any atom is 0.407 e. The highest BCUT2D eigenvalue weighted by atomic mass is 16.5. The maximum absolute atomic E-state index is 12.8. The number of fused-ring (bicyclic) bond motifs is 3. The minimum atomic E-state index is -0.972. The average Bonchev–Trinajstić information content (AvgIpc) is 3.16. The number of amides is 2. The van der Waals surface area contributed by atoms with Gasteiger partial charge in [0.25, 0.3) is 0 Å². The SMILES string of the molecule is CC[C@@H](CC(=O)N1CCCC[C@@H]1C(=O)O)NC(=O)OCC1c2ccccc2-c2ccccc21. The maximum atomic E-state index is 12.8. The Balaban J connectivity index is 1.35. The fourth-order valence-electron chi connectivity index (χ4n) is 4.92. The van der Waals surface area contributed by atoms with Crippen molar-refractivity contribution < 1.29 is 24.2 Å². The number of benzene rings is 2. The molecule has 1 aliphatic carbocycles. The molecule has 2 aromatic rings. The standard InChI is InChI=1S/C26H30N2O5/c1-2-17(15-24(29)28-14-8-7-13-23(28)25(30)31)27-26(32)33-16-22-20-11-5-3-9-18(20)19-10-4-6-12-21(19)22/h3-6,9-12,17,22-23H,2,7-8,13-16H2,1H3,(H,27,32)(H,30,31)/t17-,23+/m0/s1. The third-order valence-corrected chi connectivity index (χ3v) is 6.69. The van der Waals surface area contributed by atoms with Crippen molar-refractivity contribution in [1.29, 1.82) is 0 Å². The number of nitrogens with one attached hydrogen (secondary N) is 1. The van der Waals surface area contributed by atoms with Crippen molar-refractivity contribution in [2.45, 2.75) is 57.0 Å². The summed E-state index contributed by atoms with van der Waals surface area (Å²) in [4.78, 5) is 38.3. The van der Waals surface area contributed by atoms with Gasteiger partial charge < -0.3 is 20.1 Å². The lowest BCUT2D eigenvalue weighted by molar-refractivity contribution is -0.152. The zero-order valence-corrected chi connectivity index (χ0v) is 18.8. The molecule has 4 rings (SSSR count). The largest absolute Gasteiger partial charge is 0.480 e. The van der Waals surface area contributed by atoms with E-state index in [1.54, 1.807) is 0 Å². The monoisotopic (exact) mass is 450 g/mol. The molecule has 1 saturated heterocycles. The quantitative estimate of drug-likeness (QED) is 0.660. The van der Waals surface area contributed by atoms with Crippen molar-refractivity contribution in [1.82, 2.24) is 10.2 Å². The van der Waals surface area contributed by atoms with Crippen LogP contribution in [0.2, 0.25) is 0 Å². The number of alkyl carbamates (subject to hydrolysis) is 1. The van der Waals surface area contributed by atoms with Crippen molar-refractivity contribution in [3.05, 3.63) is 59.7 Å². The third-order valence-electron chi connectivity index (χ3n) is 6.69. The second kappa shape index (κ2) is 10.1. The fourth-order valence-corrected chi connectivity index (χ4v) is 4.92. The van der Waals surface area contributed by atoms with Gasteiger partial charge in [-0.3, -0.25) is 4.79 Å². The van der Waals surface area contributed by atoms with Crippen molar-refractivity contribution in [2.24, 2.45) is 0 Å². The molecule has 0 aromatic heterocycles. The Kier molecular flexibility index (Phi) is 6.96. The average molecular weight is 451 g/mol. The normalized spacial score (nSPS) is 18.2. The van der Waals surface area contributed by atoms with E-state index in [-0.39, 0.29) is 24.9 Å². The van der Waals surface area contributed by atoms with Crippen LogP contribution < -0.4 is 5.32 Å². The summed E-state index contributed by atoms with van der Waals surface area (Å²) in [6.07, 6.45) is 2.11. The number of nitrogens with zero attached hydrogens (tertiary/aromatic N) is 1. The molecule has 7 heteroatoms. The predicted octanol–water partition coefficient (Wildman–Crippen LogP) is 4.16. The van der Waals surface area contributed by atoms with Gasteiger partial charge in [0, 0.05) is 24.9 Å². The van der Waals surface area contributed by atoms with Crippen LogP contribution in [0.15, 0.2) is 48.5 Å². The highest BCUT2D eigenvalue weighted by Gasteiger charge is 2.33. The lowest BCUT2D eigenvalue weighted by Crippen LogP contribution is -2.50. The van der Waals surface area contributed by atoms with Gasteiger partial charge in [-0.05, 0) is 47.9 Å². The second-order valence-corrected chi connectivity index (χ2v) is 8.72. The fraction of sp³-hybridized carbons (Fsp3) is 0.423. The minimum Gasteiger partial charge on any atom is -0.480 e. The molecule has 33 heavy (non-hydrogen) atoms. The van der Waals surface area contributed by atoms with E-state index in [1.807, 2.05) is 31.2 Å². The molecular formula is C26H30N2O5. The zero-order valence-electron chi connectivity index (χ0n) is 18.8. The minimum absolute atomic E-state index is 0.0328. The van der Waals surface area contributed by atoms with Gasteiger partial charge in [0.05, 0.1) is 0 Å². The molecule has 1 fully saturated rings. The smallest absolute Gasteiger partial charge is 0.407 e. The highest BCUT2D eigenvalue weighted by molar-refractivity contribution is 5.84. The summed E-state index contributed by atoms with van der Waals surface area (Å²) in [5.74, 6) is -1.25. The summed E-state index contributed by atoms with van der Waals surface area (Å²) in [5.41, 5.74) is 4.60. The van der Waals surface area contributed by atoms with E-state index >= 15 is 0 Å². The third kappa shape index (κ3) is 4.87. The number of carboxylic acid groups (broad SMARTS) is 1. The molecule has 2 amide bonds. The Labute approximate surface area is 193 Å². The van der Waals surface area contributed by atoms with Crippen molar-refractivity contribution in [3.63, 3.8) is 0 Å². The Morgan fingerprint density at radius 3 is 2.30 bits per heavy atom. The molecule has 1 heterocycles. The van der Waals surface area contributed by atoms with E-state index in [2.05, 4.69) is 29.6 Å². The first-order valence-electron chi connectivity index (χ1n) is 11.6. The van der Waals surface area contributed by atoms with Gasteiger partial charge in [-0.25, -0.2) is 9.59 Å². The van der Waals surface area contributed by atoms with Crippen molar-refractivity contribution >= 4 is 18.0 Å². The molecule has 0 saturated carbocycles. The molecule has 7 nitrogen and oxygen atoms in total. The summed E-state index contributed by atoms with van der Waals surface area (Å²) in [6, 6.07) is 15.1. The molecule has 2 atom stereocenters. The molecule has 0 unspecified atom stereocenters.